The smallest absolute Gasteiger partial charge is 0.238 e. The number of aryl methyl sites for hydroxylation is 1. The number of anilines is 1. The van der Waals surface area contributed by atoms with Gasteiger partial charge in [-0.3, -0.25) is 0 Å². The van der Waals surface area contributed by atoms with Gasteiger partial charge in [0.2, 0.25) is 10.0 Å². The average Bonchev–Trinajstić information content (AvgIpc) is 2.82. The standard InChI is InChI=1S/C26H33ClN2O4S/c1-2-13-32-17-21-7-6-20(21)16-29-12-4-3-5-19-14-23(27)9-8-22(19)18-33-26-11-10-24(15-25(26)29)34(28,30)31/h2,8-11,14-15,20-21H,1,3-7,12-13,16-18H2,(H2,28,30,31)/t20-,21-/m0/s1. The number of ether oxygens (including phenoxy) is 2. The molecule has 0 spiro atoms. The molecule has 34 heavy (non-hydrogen) atoms. The van der Waals surface area contributed by atoms with Gasteiger partial charge in [-0.15, -0.1) is 6.58 Å². The van der Waals surface area contributed by atoms with Crippen LogP contribution in [0.15, 0.2) is 53.9 Å². The monoisotopic (exact) mass is 504 g/mol. The molecule has 0 aromatic heterocycles. The molecule has 1 aliphatic heterocycles. The number of rotatable bonds is 7. The summed E-state index contributed by atoms with van der Waals surface area (Å²) in [5.74, 6) is 1.64. The molecule has 2 aromatic carbocycles. The number of primary sulfonamides is 1. The van der Waals surface area contributed by atoms with E-state index in [1.807, 2.05) is 18.2 Å². The van der Waals surface area contributed by atoms with Crippen LogP contribution in [0.25, 0.3) is 0 Å². The predicted octanol–water partition coefficient (Wildman–Crippen LogP) is 4.94. The molecule has 1 saturated carbocycles. The van der Waals surface area contributed by atoms with E-state index >= 15 is 0 Å². The molecule has 0 unspecified atom stereocenters. The van der Waals surface area contributed by atoms with Crippen LogP contribution in [0.2, 0.25) is 5.02 Å². The number of fused-ring (bicyclic) bond motifs is 2. The van der Waals surface area contributed by atoms with Crippen molar-refractivity contribution in [3.8, 4) is 5.75 Å². The van der Waals surface area contributed by atoms with E-state index < -0.39 is 10.0 Å². The molecule has 1 heterocycles. The summed E-state index contributed by atoms with van der Waals surface area (Å²) in [5, 5.41) is 6.19. The SMILES string of the molecule is C=CCOC[C@@H]1CC[C@H]1CN1CCCCc2cc(Cl)ccc2COc2ccc(S(N)(=O)=O)cc21. The van der Waals surface area contributed by atoms with Gasteiger partial charge >= 0.3 is 0 Å². The normalized spacial score (nSPS) is 20.8. The van der Waals surface area contributed by atoms with Crippen molar-refractivity contribution in [3.63, 3.8) is 0 Å². The van der Waals surface area contributed by atoms with Crippen molar-refractivity contribution in [1.82, 2.24) is 0 Å². The summed E-state index contributed by atoms with van der Waals surface area (Å²) >= 11 is 6.25. The topological polar surface area (TPSA) is 81.9 Å². The Kier molecular flexibility index (Phi) is 8.19. The number of nitrogens with two attached hydrogens (primary N) is 1. The summed E-state index contributed by atoms with van der Waals surface area (Å²) in [7, 11) is -3.83. The van der Waals surface area contributed by atoms with Crippen LogP contribution in [0.3, 0.4) is 0 Å². The Balaban J connectivity index is 1.62. The zero-order valence-corrected chi connectivity index (χ0v) is 21.0. The molecular weight excluding hydrogens is 472 g/mol. The maximum atomic E-state index is 12.1. The molecule has 0 amide bonds. The molecule has 1 fully saturated rings. The third kappa shape index (κ3) is 6.13. The first-order valence-corrected chi connectivity index (χ1v) is 13.8. The molecule has 4 rings (SSSR count). The third-order valence-corrected chi connectivity index (χ3v) is 8.02. The van der Waals surface area contributed by atoms with Crippen LogP contribution in [-0.4, -0.2) is 34.7 Å². The fraction of sp³-hybridized carbons (Fsp3) is 0.462. The lowest BCUT2D eigenvalue weighted by Crippen LogP contribution is -2.40. The van der Waals surface area contributed by atoms with E-state index in [0.717, 1.165) is 68.1 Å². The summed E-state index contributed by atoms with van der Waals surface area (Å²) < 4.78 is 36.2. The van der Waals surface area contributed by atoms with E-state index in [-0.39, 0.29) is 4.90 Å². The lowest BCUT2D eigenvalue weighted by molar-refractivity contribution is 0.0471. The average molecular weight is 505 g/mol. The highest BCUT2D eigenvalue weighted by atomic mass is 35.5. The third-order valence-electron chi connectivity index (χ3n) is 6.87. The van der Waals surface area contributed by atoms with Gasteiger partial charge in [0, 0.05) is 18.1 Å². The molecule has 2 atom stereocenters. The fourth-order valence-electron chi connectivity index (χ4n) is 4.78. The molecule has 2 N–H and O–H groups in total. The Morgan fingerprint density at radius 3 is 2.71 bits per heavy atom. The van der Waals surface area contributed by atoms with E-state index in [9.17, 15) is 8.42 Å². The van der Waals surface area contributed by atoms with Crippen molar-refractivity contribution in [1.29, 1.82) is 0 Å². The van der Waals surface area contributed by atoms with E-state index in [1.54, 1.807) is 18.2 Å². The molecule has 0 bridgehead atoms. The quantitative estimate of drug-likeness (QED) is 0.426. The van der Waals surface area contributed by atoms with Crippen LogP contribution >= 0.6 is 11.6 Å². The number of hydrogen-bond acceptors (Lipinski definition) is 5. The van der Waals surface area contributed by atoms with E-state index in [1.165, 1.54) is 11.6 Å². The highest BCUT2D eigenvalue weighted by molar-refractivity contribution is 7.89. The van der Waals surface area contributed by atoms with Gasteiger partial charge in [-0.2, -0.15) is 0 Å². The van der Waals surface area contributed by atoms with Crippen molar-refractivity contribution in [2.45, 2.75) is 43.6 Å². The van der Waals surface area contributed by atoms with Crippen LogP contribution in [0.1, 0.15) is 36.8 Å². The first-order chi connectivity index (χ1) is 16.3. The molecule has 2 aliphatic rings. The highest BCUT2D eigenvalue weighted by Gasteiger charge is 2.33. The van der Waals surface area contributed by atoms with E-state index in [4.69, 9.17) is 26.2 Å². The summed E-state index contributed by atoms with van der Waals surface area (Å²) in [5.41, 5.74) is 3.07. The molecule has 184 valence electrons. The molecule has 0 saturated heterocycles. The largest absolute Gasteiger partial charge is 0.487 e. The Labute approximate surface area is 207 Å². The Hall–Kier alpha value is -2.06. The second kappa shape index (κ2) is 11.1. The van der Waals surface area contributed by atoms with Gasteiger partial charge in [0.15, 0.2) is 0 Å². The van der Waals surface area contributed by atoms with Gasteiger partial charge in [-0.1, -0.05) is 23.7 Å². The maximum absolute atomic E-state index is 12.1. The molecule has 0 radical (unpaired) electrons. The van der Waals surface area contributed by atoms with E-state index in [0.29, 0.717) is 30.8 Å². The van der Waals surface area contributed by atoms with Crippen molar-refractivity contribution in [2.24, 2.45) is 17.0 Å². The summed E-state index contributed by atoms with van der Waals surface area (Å²) in [4.78, 5) is 2.37. The van der Waals surface area contributed by atoms with Gasteiger partial charge < -0.3 is 14.4 Å². The number of benzene rings is 2. The summed E-state index contributed by atoms with van der Waals surface area (Å²) in [6.07, 6.45) is 6.95. The number of hydrogen-bond donors (Lipinski definition) is 1. The first kappa shape index (κ1) is 25.0. The molecule has 1 aliphatic carbocycles. The lowest BCUT2D eigenvalue weighted by atomic mass is 9.73. The second-order valence-corrected chi connectivity index (χ2v) is 11.2. The van der Waals surface area contributed by atoms with Crippen LogP contribution in [0, 0.1) is 11.8 Å². The van der Waals surface area contributed by atoms with Crippen LogP contribution in [-0.2, 0) is 27.8 Å². The van der Waals surface area contributed by atoms with Crippen molar-refractivity contribution >= 4 is 27.3 Å². The highest BCUT2D eigenvalue weighted by Crippen LogP contribution is 2.39. The summed E-state index contributed by atoms with van der Waals surface area (Å²) in [6, 6.07) is 10.8. The predicted molar refractivity (Wildman–Crippen MR) is 136 cm³/mol. The van der Waals surface area contributed by atoms with Gasteiger partial charge in [0.05, 0.1) is 23.8 Å². The van der Waals surface area contributed by atoms with Crippen LogP contribution in [0.4, 0.5) is 5.69 Å². The van der Waals surface area contributed by atoms with Crippen molar-refractivity contribution in [2.75, 3.05) is 31.2 Å². The lowest BCUT2D eigenvalue weighted by Gasteiger charge is -2.41. The molecule has 6 nitrogen and oxygen atoms in total. The van der Waals surface area contributed by atoms with Gasteiger partial charge in [0.25, 0.3) is 0 Å². The van der Waals surface area contributed by atoms with Gasteiger partial charge in [0.1, 0.15) is 12.4 Å². The fourth-order valence-corrected chi connectivity index (χ4v) is 5.51. The van der Waals surface area contributed by atoms with Gasteiger partial charge in [-0.25, -0.2) is 13.6 Å². The molecule has 8 heteroatoms. The summed E-state index contributed by atoms with van der Waals surface area (Å²) in [6.45, 7) is 7.02. The number of sulfonamides is 1. The minimum atomic E-state index is -3.83. The Morgan fingerprint density at radius 1 is 1.15 bits per heavy atom. The van der Waals surface area contributed by atoms with Crippen LogP contribution < -0.4 is 14.8 Å². The number of halogens is 1. The first-order valence-electron chi connectivity index (χ1n) is 11.9. The minimum Gasteiger partial charge on any atom is -0.487 e. The number of nitrogens with zero attached hydrogens (tertiary/aromatic N) is 1. The Bertz CT molecular complexity index is 1120. The van der Waals surface area contributed by atoms with Crippen molar-refractivity contribution in [3.05, 3.63) is 65.2 Å². The minimum absolute atomic E-state index is 0.0985. The van der Waals surface area contributed by atoms with Crippen LogP contribution in [0.5, 0.6) is 5.75 Å². The van der Waals surface area contributed by atoms with Gasteiger partial charge in [-0.05, 0) is 85.4 Å². The molecule has 2 aromatic rings. The maximum Gasteiger partial charge on any atom is 0.238 e. The van der Waals surface area contributed by atoms with Crippen molar-refractivity contribution < 1.29 is 17.9 Å². The van der Waals surface area contributed by atoms with E-state index in [2.05, 4.69) is 11.5 Å². The zero-order valence-electron chi connectivity index (χ0n) is 19.4. The zero-order chi connectivity index (χ0) is 24.1. The Morgan fingerprint density at radius 2 is 1.97 bits per heavy atom. The molecular formula is C26H33ClN2O4S. The second-order valence-electron chi connectivity index (χ2n) is 9.20.